The lowest BCUT2D eigenvalue weighted by atomic mass is 10.2. The number of aromatic nitrogens is 2. The smallest absolute Gasteiger partial charge is 0.191 e. The Balaban J connectivity index is 0.00000264. The van der Waals surface area contributed by atoms with Gasteiger partial charge in [0.2, 0.25) is 0 Å². The molecule has 2 N–H and O–H groups in total. The van der Waals surface area contributed by atoms with E-state index in [1.807, 2.05) is 29.9 Å². The van der Waals surface area contributed by atoms with Gasteiger partial charge in [0.15, 0.2) is 5.96 Å². The minimum absolute atomic E-state index is 0. The summed E-state index contributed by atoms with van der Waals surface area (Å²) in [4.78, 5) is 4.46. The Labute approximate surface area is 153 Å². The van der Waals surface area contributed by atoms with Gasteiger partial charge in [-0.05, 0) is 37.1 Å². The fraction of sp³-hybridized carbons (Fsp3) is 0.375. The second-order valence-electron chi connectivity index (χ2n) is 4.87. The molecule has 0 amide bonds. The normalized spacial score (nSPS) is 11.0. The third-order valence-electron chi connectivity index (χ3n) is 3.07. The van der Waals surface area contributed by atoms with Gasteiger partial charge in [0.25, 0.3) is 0 Å². The summed E-state index contributed by atoms with van der Waals surface area (Å²) in [5.41, 5.74) is 0.855. The van der Waals surface area contributed by atoms with Gasteiger partial charge in [0, 0.05) is 32.0 Å². The standard InChI is InChI=1S/C16H22FN5.HI/c1-2-18-16(19-8-4-10-22-11-5-9-21-22)20-13-14-6-3-7-15(17)12-14;/h3,5-7,9,11-12H,2,4,8,10,13H2,1H3,(H2,18,19,20);1H. The Kier molecular flexibility index (Phi) is 9.27. The van der Waals surface area contributed by atoms with E-state index in [2.05, 4.69) is 20.7 Å². The van der Waals surface area contributed by atoms with Crippen LogP contribution in [0.15, 0.2) is 47.7 Å². The molecule has 0 aliphatic rings. The van der Waals surface area contributed by atoms with Crippen molar-refractivity contribution in [1.82, 2.24) is 20.4 Å². The Morgan fingerprint density at radius 3 is 2.87 bits per heavy atom. The monoisotopic (exact) mass is 431 g/mol. The lowest BCUT2D eigenvalue weighted by molar-refractivity contribution is 0.570. The topological polar surface area (TPSA) is 54.2 Å². The van der Waals surface area contributed by atoms with Gasteiger partial charge < -0.3 is 10.6 Å². The lowest BCUT2D eigenvalue weighted by Crippen LogP contribution is -2.38. The van der Waals surface area contributed by atoms with Crippen molar-refractivity contribution in [2.45, 2.75) is 26.4 Å². The average Bonchev–Trinajstić information content (AvgIpc) is 3.02. The molecular weight excluding hydrogens is 408 g/mol. The van der Waals surface area contributed by atoms with Crippen LogP contribution in [-0.4, -0.2) is 28.8 Å². The zero-order valence-electron chi connectivity index (χ0n) is 13.2. The minimum Gasteiger partial charge on any atom is -0.357 e. The highest BCUT2D eigenvalue weighted by Crippen LogP contribution is 2.04. The van der Waals surface area contributed by atoms with Crippen LogP contribution in [0.4, 0.5) is 4.39 Å². The molecule has 1 heterocycles. The third kappa shape index (κ3) is 7.45. The average molecular weight is 431 g/mol. The van der Waals surface area contributed by atoms with Crippen molar-refractivity contribution in [3.8, 4) is 0 Å². The molecule has 0 atom stereocenters. The summed E-state index contributed by atoms with van der Waals surface area (Å²) in [6.07, 6.45) is 4.67. The fourth-order valence-electron chi connectivity index (χ4n) is 2.03. The molecule has 0 saturated carbocycles. The van der Waals surface area contributed by atoms with Crippen LogP contribution < -0.4 is 10.6 Å². The predicted molar refractivity (Wildman–Crippen MR) is 101 cm³/mol. The van der Waals surface area contributed by atoms with E-state index in [-0.39, 0.29) is 29.8 Å². The number of aliphatic imine (C=N–C) groups is 1. The zero-order valence-corrected chi connectivity index (χ0v) is 15.5. The van der Waals surface area contributed by atoms with Gasteiger partial charge >= 0.3 is 0 Å². The summed E-state index contributed by atoms with van der Waals surface area (Å²) in [5, 5.41) is 10.6. The van der Waals surface area contributed by atoms with E-state index in [0.29, 0.717) is 6.54 Å². The maximum absolute atomic E-state index is 13.1. The quantitative estimate of drug-likeness (QED) is 0.307. The molecule has 0 unspecified atom stereocenters. The number of hydrogen-bond acceptors (Lipinski definition) is 2. The molecule has 5 nitrogen and oxygen atoms in total. The van der Waals surface area contributed by atoms with Gasteiger partial charge in [-0.3, -0.25) is 4.68 Å². The first-order valence-electron chi connectivity index (χ1n) is 7.52. The Morgan fingerprint density at radius 1 is 1.30 bits per heavy atom. The number of aryl methyl sites for hydroxylation is 1. The Bertz CT molecular complexity index is 586. The predicted octanol–water partition coefficient (Wildman–Crippen LogP) is 2.79. The first-order chi connectivity index (χ1) is 10.8. The number of nitrogens with one attached hydrogen (secondary N) is 2. The second kappa shape index (κ2) is 11.0. The number of guanidine groups is 1. The number of nitrogens with zero attached hydrogens (tertiary/aromatic N) is 3. The highest BCUT2D eigenvalue weighted by Gasteiger charge is 1.99. The zero-order chi connectivity index (χ0) is 15.6. The highest BCUT2D eigenvalue weighted by atomic mass is 127. The summed E-state index contributed by atoms with van der Waals surface area (Å²) < 4.78 is 15.0. The molecule has 0 spiro atoms. The minimum atomic E-state index is -0.232. The molecule has 2 aromatic rings. The van der Waals surface area contributed by atoms with Crippen LogP contribution in [0.3, 0.4) is 0 Å². The first kappa shape index (κ1) is 19.4. The molecule has 23 heavy (non-hydrogen) atoms. The Hall–Kier alpha value is -1.64. The van der Waals surface area contributed by atoms with E-state index < -0.39 is 0 Å². The molecular formula is C16H23FIN5. The summed E-state index contributed by atoms with van der Waals surface area (Å²) in [6.45, 7) is 4.92. The summed E-state index contributed by atoms with van der Waals surface area (Å²) in [7, 11) is 0. The van der Waals surface area contributed by atoms with E-state index in [9.17, 15) is 4.39 Å². The molecule has 0 fully saturated rings. The lowest BCUT2D eigenvalue weighted by Gasteiger charge is -2.11. The summed E-state index contributed by atoms with van der Waals surface area (Å²) in [5.74, 6) is 0.511. The van der Waals surface area contributed by atoms with Crippen LogP contribution >= 0.6 is 24.0 Å². The highest BCUT2D eigenvalue weighted by molar-refractivity contribution is 14.0. The first-order valence-corrected chi connectivity index (χ1v) is 7.52. The largest absolute Gasteiger partial charge is 0.357 e. The van der Waals surface area contributed by atoms with Crippen LogP contribution in [-0.2, 0) is 13.1 Å². The molecule has 7 heteroatoms. The van der Waals surface area contributed by atoms with Gasteiger partial charge in [-0.25, -0.2) is 9.38 Å². The fourth-order valence-corrected chi connectivity index (χ4v) is 2.03. The van der Waals surface area contributed by atoms with Crippen molar-refractivity contribution < 1.29 is 4.39 Å². The van der Waals surface area contributed by atoms with E-state index in [4.69, 9.17) is 0 Å². The van der Waals surface area contributed by atoms with Crippen molar-refractivity contribution in [2.75, 3.05) is 13.1 Å². The van der Waals surface area contributed by atoms with E-state index in [0.717, 1.165) is 37.6 Å². The third-order valence-corrected chi connectivity index (χ3v) is 3.07. The van der Waals surface area contributed by atoms with Crippen molar-refractivity contribution in [3.05, 3.63) is 54.1 Å². The van der Waals surface area contributed by atoms with Gasteiger partial charge in [-0.2, -0.15) is 5.10 Å². The van der Waals surface area contributed by atoms with Crippen LogP contribution in [0.25, 0.3) is 0 Å². The maximum atomic E-state index is 13.1. The molecule has 126 valence electrons. The van der Waals surface area contributed by atoms with Crippen molar-refractivity contribution in [3.63, 3.8) is 0 Å². The van der Waals surface area contributed by atoms with E-state index in [1.54, 1.807) is 12.3 Å². The second-order valence-corrected chi connectivity index (χ2v) is 4.87. The molecule has 0 aliphatic carbocycles. The number of halogens is 2. The van der Waals surface area contributed by atoms with Gasteiger partial charge in [0.1, 0.15) is 5.82 Å². The number of rotatable bonds is 7. The van der Waals surface area contributed by atoms with Crippen LogP contribution in [0, 0.1) is 5.82 Å². The van der Waals surface area contributed by atoms with Crippen molar-refractivity contribution >= 4 is 29.9 Å². The van der Waals surface area contributed by atoms with Gasteiger partial charge in [-0.15, -0.1) is 24.0 Å². The van der Waals surface area contributed by atoms with Crippen LogP contribution in [0.2, 0.25) is 0 Å². The molecule has 0 aliphatic heterocycles. The molecule has 0 radical (unpaired) electrons. The summed E-state index contributed by atoms with van der Waals surface area (Å²) in [6, 6.07) is 8.42. The van der Waals surface area contributed by atoms with Crippen molar-refractivity contribution in [1.29, 1.82) is 0 Å². The number of hydrogen-bond donors (Lipinski definition) is 2. The SMILES string of the molecule is CCNC(=NCc1cccc(F)c1)NCCCn1cccn1.I. The molecule has 1 aromatic heterocycles. The maximum Gasteiger partial charge on any atom is 0.191 e. The number of benzene rings is 1. The van der Waals surface area contributed by atoms with Gasteiger partial charge in [0.05, 0.1) is 6.54 Å². The molecule has 2 rings (SSSR count). The van der Waals surface area contributed by atoms with Gasteiger partial charge in [-0.1, -0.05) is 12.1 Å². The molecule has 1 aromatic carbocycles. The summed E-state index contributed by atoms with van der Waals surface area (Å²) >= 11 is 0. The van der Waals surface area contributed by atoms with Crippen LogP contribution in [0.1, 0.15) is 18.9 Å². The van der Waals surface area contributed by atoms with Crippen molar-refractivity contribution in [2.24, 2.45) is 4.99 Å². The molecule has 0 bridgehead atoms. The molecule has 0 saturated heterocycles. The van der Waals surface area contributed by atoms with E-state index >= 15 is 0 Å². The van der Waals surface area contributed by atoms with Crippen LogP contribution in [0.5, 0.6) is 0 Å². The van der Waals surface area contributed by atoms with E-state index in [1.165, 1.54) is 12.1 Å². The Morgan fingerprint density at radius 2 is 2.17 bits per heavy atom.